The quantitative estimate of drug-likeness (QED) is 0.439. The third-order valence-corrected chi connectivity index (χ3v) is 9.03. The molecule has 2 aromatic carbocycles. The topological polar surface area (TPSA) is 30.5 Å². The van der Waals surface area contributed by atoms with Crippen LogP contribution in [0.3, 0.4) is 0 Å². The van der Waals surface area contributed by atoms with E-state index in [2.05, 4.69) is 72.3 Å². The van der Waals surface area contributed by atoms with Crippen LogP contribution in [-0.4, -0.2) is 12.6 Å². The minimum Gasteiger partial charge on any atom is -0.493 e. The first-order chi connectivity index (χ1) is 15.2. The summed E-state index contributed by atoms with van der Waals surface area (Å²) in [5, 5.41) is 4.07. The first kappa shape index (κ1) is 22.3. The Labute approximate surface area is 201 Å². The van der Waals surface area contributed by atoms with Gasteiger partial charge >= 0.3 is 0 Å². The smallest absolute Gasteiger partial charge is 0.167 e. The van der Waals surface area contributed by atoms with Gasteiger partial charge in [-0.15, -0.1) is 0 Å². The van der Waals surface area contributed by atoms with Crippen molar-refractivity contribution >= 4 is 15.9 Å². The van der Waals surface area contributed by atoms with E-state index >= 15 is 0 Å². The highest BCUT2D eigenvalue weighted by Gasteiger charge is 2.59. The summed E-state index contributed by atoms with van der Waals surface area (Å²) in [6, 6.07) is 12.5. The van der Waals surface area contributed by atoms with Crippen LogP contribution in [0.2, 0.25) is 0 Å². The van der Waals surface area contributed by atoms with Crippen LogP contribution in [0.15, 0.2) is 40.9 Å². The lowest BCUT2D eigenvalue weighted by Crippen LogP contribution is -2.63. The molecule has 1 N–H and O–H groups in total. The summed E-state index contributed by atoms with van der Waals surface area (Å²) in [6.45, 7) is 8.53. The molecule has 6 rings (SSSR count). The molecule has 32 heavy (non-hydrogen) atoms. The molecule has 2 atom stereocenters. The van der Waals surface area contributed by atoms with Crippen LogP contribution < -0.4 is 14.8 Å². The third kappa shape index (κ3) is 4.09. The number of ether oxygens (including phenoxy) is 2. The molecule has 4 saturated carbocycles. The molecule has 0 aliphatic heterocycles. The van der Waals surface area contributed by atoms with Crippen LogP contribution in [0.1, 0.15) is 69.1 Å². The molecule has 0 radical (unpaired) electrons. The molecular formula is C28H36BrNO2. The Balaban J connectivity index is 1.40. The molecule has 4 aliphatic rings. The highest BCUT2D eigenvalue weighted by atomic mass is 79.9. The van der Waals surface area contributed by atoms with E-state index in [4.69, 9.17) is 9.47 Å². The fourth-order valence-corrected chi connectivity index (χ4v) is 8.36. The molecule has 0 heterocycles. The van der Waals surface area contributed by atoms with Crippen LogP contribution in [0.4, 0.5) is 0 Å². The largest absolute Gasteiger partial charge is 0.493 e. The van der Waals surface area contributed by atoms with E-state index < -0.39 is 0 Å². The van der Waals surface area contributed by atoms with Crippen molar-refractivity contribution in [2.45, 2.75) is 78.0 Å². The molecular weight excluding hydrogens is 462 g/mol. The Morgan fingerprint density at radius 3 is 2.38 bits per heavy atom. The Kier molecular flexibility index (Phi) is 5.61. The van der Waals surface area contributed by atoms with Gasteiger partial charge < -0.3 is 14.8 Å². The maximum atomic E-state index is 6.42. The van der Waals surface area contributed by atoms with E-state index in [1.807, 2.05) is 6.07 Å². The summed E-state index contributed by atoms with van der Waals surface area (Å²) in [5.74, 6) is 2.52. The number of methoxy groups -OCH3 is 1. The second-order valence-electron chi connectivity index (χ2n) is 11.5. The van der Waals surface area contributed by atoms with Crippen molar-refractivity contribution in [2.24, 2.45) is 16.7 Å². The van der Waals surface area contributed by atoms with Gasteiger partial charge in [-0.25, -0.2) is 0 Å². The van der Waals surface area contributed by atoms with Crippen molar-refractivity contribution in [3.8, 4) is 11.5 Å². The SMILES string of the molecule is COc1ccc(Br)c(CNC23CC4CC(C)(CC(C)(C4)C2)C3)c1OCc1ccccc1C. The van der Waals surface area contributed by atoms with Gasteiger partial charge in [-0.1, -0.05) is 54.0 Å². The predicted molar refractivity (Wildman–Crippen MR) is 133 cm³/mol. The minimum atomic E-state index is 0.249. The number of halogens is 1. The molecule has 0 saturated heterocycles. The molecule has 3 nitrogen and oxygen atoms in total. The molecule has 0 spiro atoms. The van der Waals surface area contributed by atoms with E-state index in [0.717, 1.165) is 34.0 Å². The van der Waals surface area contributed by atoms with E-state index in [9.17, 15) is 0 Å². The zero-order valence-corrected chi connectivity index (χ0v) is 21.5. The highest BCUT2D eigenvalue weighted by Crippen LogP contribution is 2.66. The lowest BCUT2D eigenvalue weighted by molar-refractivity contribution is -0.118. The average molecular weight is 499 g/mol. The van der Waals surface area contributed by atoms with Crippen molar-refractivity contribution in [1.29, 1.82) is 0 Å². The first-order valence-electron chi connectivity index (χ1n) is 12.0. The van der Waals surface area contributed by atoms with Gasteiger partial charge in [0.1, 0.15) is 6.61 Å². The van der Waals surface area contributed by atoms with Crippen LogP contribution in [0, 0.1) is 23.7 Å². The van der Waals surface area contributed by atoms with E-state index in [0.29, 0.717) is 17.4 Å². The molecule has 4 fully saturated rings. The number of benzene rings is 2. The summed E-state index contributed by atoms with van der Waals surface area (Å²) < 4.78 is 13.2. The van der Waals surface area contributed by atoms with Crippen molar-refractivity contribution in [3.05, 3.63) is 57.6 Å². The number of nitrogens with one attached hydrogen (secondary N) is 1. The molecule has 4 bridgehead atoms. The number of rotatable bonds is 7. The third-order valence-electron chi connectivity index (χ3n) is 8.29. The summed E-state index contributed by atoms with van der Waals surface area (Å²) in [5.41, 5.74) is 4.85. The lowest BCUT2D eigenvalue weighted by atomic mass is 9.43. The van der Waals surface area contributed by atoms with E-state index in [1.54, 1.807) is 7.11 Å². The van der Waals surface area contributed by atoms with Gasteiger partial charge in [-0.2, -0.15) is 0 Å². The summed E-state index contributed by atoms with van der Waals surface area (Å²) >= 11 is 3.81. The van der Waals surface area contributed by atoms with Crippen molar-refractivity contribution < 1.29 is 9.47 Å². The van der Waals surface area contributed by atoms with Gasteiger partial charge in [-0.05, 0) is 85.5 Å². The number of hydrogen-bond acceptors (Lipinski definition) is 3. The number of aryl methyl sites for hydroxylation is 1. The van der Waals surface area contributed by atoms with Gasteiger partial charge in [0, 0.05) is 22.1 Å². The normalized spacial score (nSPS) is 32.8. The first-order valence-corrected chi connectivity index (χ1v) is 12.8. The number of hydrogen-bond donors (Lipinski definition) is 1. The average Bonchev–Trinajstić information content (AvgIpc) is 2.70. The molecule has 2 aromatic rings. The Hall–Kier alpha value is -1.52. The van der Waals surface area contributed by atoms with Gasteiger partial charge in [-0.3, -0.25) is 0 Å². The standard InChI is InChI=1S/C28H36BrNO2/c1-19-7-5-6-8-21(19)15-32-25-22(23(29)9-10-24(25)31-4)14-30-28-13-20-11-26(2,17-28)16-27(3,12-20)18-28/h5-10,20,30H,11-18H2,1-4H3. The predicted octanol–water partition coefficient (Wildman–Crippen LogP) is 7.18. The summed E-state index contributed by atoms with van der Waals surface area (Å²) in [4.78, 5) is 0. The molecule has 4 aliphatic carbocycles. The Morgan fingerprint density at radius 2 is 1.72 bits per heavy atom. The lowest BCUT2D eigenvalue weighted by Gasteiger charge is -2.65. The van der Waals surface area contributed by atoms with Gasteiger partial charge in [0.05, 0.1) is 7.11 Å². The Bertz CT molecular complexity index is 1000. The molecule has 2 unspecified atom stereocenters. The second-order valence-corrected chi connectivity index (χ2v) is 12.4. The van der Waals surface area contributed by atoms with Crippen LogP contribution in [0.5, 0.6) is 11.5 Å². The molecule has 0 aromatic heterocycles. The van der Waals surface area contributed by atoms with E-state index in [1.165, 1.54) is 49.7 Å². The summed E-state index contributed by atoms with van der Waals surface area (Å²) in [6.07, 6.45) is 8.15. The van der Waals surface area contributed by atoms with Crippen LogP contribution in [-0.2, 0) is 13.2 Å². The zero-order valence-electron chi connectivity index (χ0n) is 19.9. The van der Waals surface area contributed by atoms with Gasteiger partial charge in [0.15, 0.2) is 11.5 Å². The Morgan fingerprint density at radius 1 is 1.00 bits per heavy atom. The maximum absolute atomic E-state index is 6.42. The van der Waals surface area contributed by atoms with Gasteiger partial charge in [0.25, 0.3) is 0 Å². The summed E-state index contributed by atoms with van der Waals surface area (Å²) in [7, 11) is 1.72. The van der Waals surface area contributed by atoms with Gasteiger partial charge in [0.2, 0.25) is 0 Å². The van der Waals surface area contributed by atoms with Crippen LogP contribution >= 0.6 is 15.9 Å². The maximum Gasteiger partial charge on any atom is 0.167 e. The van der Waals surface area contributed by atoms with Crippen molar-refractivity contribution in [3.63, 3.8) is 0 Å². The molecule has 0 amide bonds. The monoisotopic (exact) mass is 497 g/mol. The molecule has 4 heteroatoms. The molecule has 172 valence electrons. The minimum absolute atomic E-state index is 0.249. The fourth-order valence-electron chi connectivity index (χ4n) is 7.91. The second kappa shape index (κ2) is 8.06. The highest BCUT2D eigenvalue weighted by molar-refractivity contribution is 9.10. The van der Waals surface area contributed by atoms with Crippen LogP contribution in [0.25, 0.3) is 0 Å². The van der Waals surface area contributed by atoms with Crippen molar-refractivity contribution in [2.75, 3.05) is 7.11 Å². The van der Waals surface area contributed by atoms with E-state index in [-0.39, 0.29) is 5.54 Å². The van der Waals surface area contributed by atoms with Crippen molar-refractivity contribution in [1.82, 2.24) is 5.32 Å². The fraction of sp³-hybridized carbons (Fsp3) is 0.571. The zero-order chi connectivity index (χ0) is 22.6.